The van der Waals surface area contributed by atoms with Crippen LogP contribution in [0.3, 0.4) is 0 Å². The Morgan fingerprint density at radius 1 is 0.970 bits per heavy atom. The Morgan fingerprint density at radius 3 is 2.39 bits per heavy atom. The summed E-state index contributed by atoms with van der Waals surface area (Å²) in [7, 11) is 4.53. The summed E-state index contributed by atoms with van der Waals surface area (Å²) in [6, 6.07) is 7.72. The number of aromatic nitrogens is 1. The first kappa shape index (κ1) is 22.1. The molecule has 174 valence electrons. The molecule has 0 radical (unpaired) electrons. The number of hydrogen-bond donors (Lipinski definition) is 3. The lowest BCUT2D eigenvalue weighted by Crippen LogP contribution is -2.41. The Morgan fingerprint density at radius 2 is 1.70 bits per heavy atom. The highest BCUT2D eigenvalue weighted by molar-refractivity contribution is 6.04. The Bertz CT molecular complexity index is 1200. The maximum atomic E-state index is 12.8. The highest BCUT2D eigenvalue weighted by atomic mass is 16.6. The van der Waals surface area contributed by atoms with Crippen LogP contribution in [0.2, 0.25) is 0 Å². The van der Waals surface area contributed by atoms with E-state index in [1.807, 2.05) is 0 Å². The minimum atomic E-state index is -0.803. The molecule has 2 aromatic carbocycles. The number of carbonyl (C=O) groups excluding carboxylic acids is 2. The Labute approximate surface area is 190 Å². The van der Waals surface area contributed by atoms with Crippen LogP contribution < -0.4 is 34.3 Å². The number of fused-ring (bicyclic) bond motifs is 2. The summed E-state index contributed by atoms with van der Waals surface area (Å²) in [6.07, 6.45) is 0. The number of rotatable bonds is 7. The second-order valence-electron chi connectivity index (χ2n) is 7.34. The maximum Gasteiger partial charge on any atom is 0.268 e. The van der Waals surface area contributed by atoms with Gasteiger partial charge in [-0.05, 0) is 31.2 Å². The highest BCUT2D eigenvalue weighted by Crippen LogP contribution is 2.43. The summed E-state index contributed by atoms with van der Waals surface area (Å²) in [5.74, 6) is 1.66. The van der Waals surface area contributed by atoms with Crippen molar-refractivity contribution < 1.29 is 33.3 Å². The molecule has 1 aliphatic rings. The molecule has 0 unspecified atom stereocenters. The third-order valence-electron chi connectivity index (χ3n) is 5.22. The number of anilines is 1. The number of ether oxygens (including phenoxy) is 5. The first-order valence-corrected chi connectivity index (χ1v) is 10.3. The summed E-state index contributed by atoms with van der Waals surface area (Å²) in [5, 5.41) is 6.16. The molecule has 4 rings (SSSR count). The summed E-state index contributed by atoms with van der Waals surface area (Å²) in [4.78, 5) is 28.5. The van der Waals surface area contributed by atoms with Gasteiger partial charge in [-0.15, -0.1) is 0 Å². The minimum absolute atomic E-state index is 0.262. The van der Waals surface area contributed by atoms with Gasteiger partial charge < -0.3 is 39.3 Å². The van der Waals surface area contributed by atoms with Crippen molar-refractivity contribution in [2.45, 2.75) is 13.0 Å². The van der Waals surface area contributed by atoms with Crippen LogP contribution in [0.4, 0.5) is 5.69 Å². The molecule has 1 aliphatic heterocycles. The number of nitrogens with one attached hydrogen (secondary N) is 3. The van der Waals surface area contributed by atoms with E-state index in [2.05, 4.69) is 15.6 Å². The number of hydrogen-bond acceptors (Lipinski definition) is 7. The van der Waals surface area contributed by atoms with Crippen LogP contribution in [0.5, 0.6) is 28.7 Å². The normalized spacial score (nSPS) is 13.2. The van der Waals surface area contributed by atoms with Crippen molar-refractivity contribution in [1.29, 1.82) is 0 Å². The number of H-pyrrole nitrogens is 1. The van der Waals surface area contributed by atoms with Gasteiger partial charge in [0, 0.05) is 17.1 Å². The minimum Gasteiger partial charge on any atom is -0.493 e. The van der Waals surface area contributed by atoms with Gasteiger partial charge >= 0.3 is 0 Å². The van der Waals surface area contributed by atoms with Crippen molar-refractivity contribution in [3.63, 3.8) is 0 Å². The van der Waals surface area contributed by atoms with Gasteiger partial charge in [0.05, 0.1) is 26.8 Å². The van der Waals surface area contributed by atoms with Crippen molar-refractivity contribution in [2.24, 2.45) is 0 Å². The molecule has 0 aliphatic carbocycles. The van der Waals surface area contributed by atoms with Gasteiger partial charge in [-0.1, -0.05) is 0 Å². The molecule has 0 bridgehead atoms. The zero-order valence-electron chi connectivity index (χ0n) is 18.7. The third-order valence-corrected chi connectivity index (χ3v) is 5.22. The number of amides is 2. The molecule has 3 N–H and O–H groups in total. The maximum absolute atomic E-state index is 12.8. The highest BCUT2D eigenvalue weighted by Gasteiger charge is 2.22. The van der Waals surface area contributed by atoms with E-state index >= 15 is 0 Å². The summed E-state index contributed by atoms with van der Waals surface area (Å²) in [5.41, 5.74) is 1.38. The van der Waals surface area contributed by atoms with Crippen LogP contribution in [0, 0.1) is 0 Å². The fraction of sp³-hybridized carbons (Fsp3) is 0.304. The fourth-order valence-corrected chi connectivity index (χ4v) is 3.58. The van der Waals surface area contributed by atoms with Crippen LogP contribution in [-0.4, -0.2) is 57.4 Å². The zero-order valence-corrected chi connectivity index (χ0v) is 18.7. The average Bonchev–Trinajstić information content (AvgIpc) is 3.26. The lowest BCUT2D eigenvalue weighted by molar-refractivity contribution is -0.117. The van der Waals surface area contributed by atoms with E-state index in [0.29, 0.717) is 58.6 Å². The first-order valence-electron chi connectivity index (χ1n) is 10.3. The number of carbonyl (C=O) groups is 2. The lowest BCUT2D eigenvalue weighted by atomic mass is 10.2. The first-order chi connectivity index (χ1) is 15.9. The number of benzene rings is 2. The molecular weight excluding hydrogens is 430 g/mol. The van der Waals surface area contributed by atoms with Crippen LogP contribution in [0.15, 0.2) is 30.3 Å². The van der Waals surface area contributed by atoms with Crippen molar-refractivity contribution in [1.82, 2.24) is 10.3 Å². The van der Waals surface area contributed by atoms with E-state index in [1.54, 1.807) is 37.3 Å². The molecule has 10 heteroatoms. The van der Waals surface area contributed by atoms with Gasteiger partial charge in [0.25, 0.3) is 5.91 Å². The Hall–Kier alpha value is -4.08. The number of aromatic amines is 1. The van der Waals surface area contributed by atoms with E-state index in [9.17, 15) is 9.59 Å². The summed E-state index contributed by atoms with van der Waals surface area (Å²) in [6.45, 7) is 2.53. The molecule has 3 aromatic rings. The lowest BCUT2D eigenvalue weighted by Gasteiger charge is -2.19. The Kier molecular flexibility index (Phi) is 6.16. The molecule has 2 heterocycles. The molecule has 1 aromatic heterocycles. The van der Waals surface area contributed by atoms with Gasteiger partial charge in [0.1, 0.15) is 24.9 Å². The molecule has 0 fully saturated rings. The molecule has 0 saturated heterocycles. The fourth-order valence-electron chi connectivity index (χ4n) is 3.58. The predicted molar refractivity (Wildman–Crippen MR) is 121 cm³/mol. The average molecular weight is 455 g/mol. The monoisotopic (exact) mass is 455 g/mol. The molecular formula is C23H25N3O7. The van der Waals surface area contributed by atoms with E-state index in [-0.39, 0.29) is 11.6 Å². The third kappa shape index (κ3) is 4.32. The van der Waals surface area contributed by atoms with E-state index in [4.69, 9.17) is 23.7 Å². The summed E-state index contributed by atoms with van der Waals surface area (Å²) < 4.78 is 27.2. The largest absolute Gasteiger partial charge is 0.493 e. The zero-order chi connectivity index (χ0) is 23.5. The number of methoxy groups -OCH3 is 3. The smallest absolute Gasteiger partial charge is 0.268 e. The van der Waals surface area contributed by atoms with E-state index in [0.717, 1.165) is 0 Å². The standard InChI is InChI=1S/C23H25N3O7/c1-12(22(27)25-14-5-6-16-17(11-14)33-8-7-32-16)24-23(28)15-9-13-10-18(29-2)20(30-3)21(31-4)19(13)26-15/h5-6,9-12,26H,7-8H2,1-4H3,(H,24,28)(H,25,27)/t12-/m0/s1. The second kappa shape index (κ2) is 9.19. The van der Waals surface area contributed by atoms with E-state index in [1.165, 1.54) is 21.3 Å². The van der Waals surface area contributed by atoms with Gasteiger partial charge in [-0.25, -0.2) is 0 Å². The molecule has 33 heavy (non-hydrogen) atoms. The van der Waals surface area contributed by atoms with Crippen molar-refractivity contribution >= 4 is 28.4 Å². The molecule has 2 amide bonds. The van der Waals surface area contributed by atoms with E-state index < -0.39 is 11.9 Å². The summed E-state index contributed by atoms with van der Waals surface area (Å²) >= 11 is 0. The second-order valence-corrected chi connectivity index (χ2v) is 7.34. The van der Waals surface area contributed by atoms with Gasteiger partial charge in [0.15, 0.2) is 23.0 Å². The topological polar surface area (TPSA) is 120 Å². The van der Waals surface area contributed by atoms with Crippen LogP contribution >= 0.6 is 0 Å². The van der Waals surface area contributed by atoms with Gasteiger partial charge in [0.2, 0.25) is 11.7 Å². The molecule has 1 atom stereocenters. The quantitative estimate of drug-likeness (QED) is 0.501. The van der Waals surface area contributed by atoms with Gasteiger partial charge in [-0.3, -0.25) is 9.59 Å². The van der Waals surface area contributed by atoms with Crippen LogP contribution in [-0.2, 0) is 4.79 Å². The van der Waals surface area contributed by atoms with Crippen molar-refractivity contribution in [3.05, 3.63) is 36.0 Å². The SMILES string of the molecule is COc1cc2cc(C(=O)N[C@@H](C)C(=O)Nc3ccc4c(c3)OCCO4)[nH]c2c(OC)c1OC. The van der Waals surface area contributed by atoms with Gasteiger partial charge in [-0.2, -0.15) is 0 Å². The molecule has 10 nitrogen and oxygen atoms in total. The molecule has 0 spiro atoms. The van der Waals surface area contributed by atoms with Crippen LogP contribution in [0.25, 0.3) is 10.9 Å². The van der Waals surface area contributed by atoms with Crippen molar-refractivity contribution in [2.75, 3.05) is 39.9 Å². The van der Waals surface area contributed by atoms with Crippen LogP contribution in [0.1, 0.15) is 17.4 Å². The molecule has 0 saturated carbocycles. The predicted octanol–water partition coefficient (Wildman–Crippen LogP) is 2.72. The van der Waals surface area contributed by atoms with Crippen molar-refractivity contribution in [3.8, 4) is 28.7 Å². The Balaban J connectivity index is 1.48.